The molecule has 1 heterocycles. The van der Waals surface area contributed by atoms with Gasteiger partial charge in [-0.05, 0) is 89.8 Å². The highest BCUT2D eigenvalue weighted by atomic mass is 32.1. The molecule has 2 aromatic carbocycles. The molecule has 6 heteroatoms. The van der Waals surface area contributed by atoms with Crippen LogP contribution in [-0.4, -0.2) is 11.1 Å². The minimum atomic E-state index is -0.779. The second-order valence-electron chi connectivity index (χ2n) is 10.7. The molecule has 0 radical (unpaired) electrons. The number of carbonyl (C=O) groups is 1. The van der Waals surface area contributed by atoms with E-state index < -0.39 is 5.97 Å². The molecule has 1 atom stereocenters. The molecule has 1 aromatic heterocycles. The van der Waals surface area contributed by atoms with Crippen molar-refractivity contribution in [1.29, 1.82) is 5.26 Å². The van der Waals surface area contributed by atoms with Crippen LogP contribution in [0.5, 0.6) is 5.75 Å². The molecule has 2 aliphatic carbocycles. The molecule has 4 nitrogen and oxygen atoms in total. The van der Waals surface area contributed by atoms with E-state index in [0.29, 0.717) is 29.4 Å². The fourth-order valence-corrected chi connectivity index (χ4v) is 6.52. The molecule has 37 heavy (non-hydrogen) atoms. The number of thiophene rings is 1. The van der Waals surface area contributed by atoms with Crippen molar-refractivity contribution >= 4 is 22.9 Å². The van der Waals surface area contributed by atoms with Crippen molar-refractivity contribution in [3.8, 4) is 22.3 Å². The van der Waals surface area contributed by atoms with E-state index in [1.807, 2.05) is 29.6 Å². The van der Waals surface area contributed by atoms with E-state index in [-0.39, 0.29) is 23.6 Å². The first-order valence-corrected chi connectivity index (χ1v) is 13.6. The minimum absolute atomic E-state index is 0.00388. The van der Waals surface area contributed by atoms with Gasteiger partial charge in [0.2, 0.25) is 0 Å². The van der Waals surface area contributed by atoms with Gasteiger partial charge in [0.15, 0.2) is 0 Å². The maximum Gasteiger partial charge on any atom is 0.303 e. The van der Waals surface area contributed by atoms with Crippen LogP contribution in [0, 0.1) is 28.5 Å². The van der Waals surface area contributed by atoms with E-state index in [1.54, 1.807) is 6.07 Å². The highest BCUT2D eigenvalue weighted by Gasteiger charge is 2.34. The zero-order valence-corrected chi connectivity index (χ0v) is 21.9. The Morgan fingerprint density at radius 2 is 2.08 bits per heavy atom. The van der Waals surface area contributed by atoms with Gasteiger partial charge < -0.3 is 9.84 Å². The van der Waals surface area contributed by atoms with E-state index in [0.717, 1.165) is 47.3 Å². The third-order valence-corrected chi connectivity index (χ3v) is 8.65. The summed E-state index contributed by atoms with van der Waals surface area (Å²) in [6, 6.07) is 14.4. The van der Waals surface area contributed by atoms with Gasteiger partial charge in [-0.3, -0.25) is 4.79 Å². The number of rotatable bonds is 9. The summed E-state index contributed by atoms with van der Waals surface area (Å²) in [7, 11) is 0. The third kappa shape index (κ3) is 5.33. The molecule has 0 saturated heterocycles. The van der Waals surface area contributed by atoms with E-state index in [2.05, 4.69) is 26.0 Å². The van der Waals surface area contributed by atoms with Crippen LogP contribution in [0.4, 0.5) is 4.39 Å². The molecule has 0 amide bonds. The summed E-state index contributed by atoms with van der Waals surface area (Å²) < 4.78 is 21.3. The number of hydrogen-bond acceptors (Lipinski definition) is 4. The summed E-state index contributed by atoms with van der Waals surface area (Å²) in [4.78, 5) is 12.2. The van der Waals surface area contributed by atoms with Crippen molar-refractivity contribution in [2.45, 2.75) is 58.5 Å². The number of carboxylic acid groups (broad SMARTS) is 1. The van der Waals surface area contributed by atoms with Crippen molar-refractivity contribution < 1.29 is 19.0 Å². The lowest BCUT2D eigenvalue weighted by atomic mass is 9.80. The van der Waals surface area contributed by atoms with Gasteiger partial charge in [0.05, 0.1) is 18.1 Å². The molecule has 0 bridgehead atoms. The molecule has 190 valence electrons. The van der Waals surface area contributed by atoms with Crippen molar-refractivity contribution in [3.63, 3.8) is 0 Å². The Morgan fingerprint density at radius 1 is 1.27 bits per heavy atom. The molecular formula is C31H30FNO3S. The number of nitrogens with zero attached hydrogens (tertiary/aromatic N) is 1. The lowest BCUT2D eigenvalue weighted by Gasteiger charge is -2.24. The van der Waals surface area contributed by atoms with Gasteiger partial charge in [-0.2, -0.15) is 5.26 Å². The molecule has 1 saturated carbocycles. The Balaban J connectivity index is 1.47. The number of hydrogen-bond donors (Lipinski definition) is 1. The van der Waals surface area contributed by atoms with Crippen LogP contribution in [0.15, 0.2) is 53.9 Å². The average molecular weight is 516 g/mol. The van der Waals surface area contributed by atoms with Crippen LogP contribution in [0.2, 0.25) is 0 Å². The minimum Gasteiger partial charge on any atom is -0.489 e. The second kappa shape index (κ2) is 10.1. The monoisotopic (exact) mass is 515 g/mol. The number of aliphatic carboxylic acids is 1. The summed E-state index contributed by atoms with van der Waals surface area (Å²) in [5.41, 5.74) is 4.99. The number of ether oxygens (including phenoxy) is 1. The fraction of sp³-hybridized carbons (Fsp3) is 0.355. The van der Waals surface area contributed by atoms with Crippen LogP contribution in [0.1, 0.15) is 74.1 Å². The zero-order chi connectivity index (χ0) is 26.2. The van der Waals surface area contributed by atoms with Gasteiger partial charge in [0.25, 0.3) is 0 Å². The van der Waals surface area contributed by atoms with Crippen LogP contribution >= 0.6 is 11.3 Å². The van der Waals surface area contributed by atoms with Crippen molar-refractivity contribution in [2.75, 3.05) is 0 Å². The van der Waals surface area contributed by atoms with Crippen molar-refractivity contribution in [2.24, 2.45) is 11.3 Å². The zero-order valence-electron chi connectivity index (χ0n) is 21.1. The smallest absolute Gasteiger partial charge is 0.303 e. The molecule has 3 aromatic rings. The highest BCUT2D eigenvalue weighted by Crippen LogP contribution is 2.50. The van der Waals surface area contributed by atoms with E-state index >= 15 is 0 Å². The van der Waals surface area contributed by atoms with E-state index in [9.17, 15) is 19.6 Å². The maximum absolute atomic E-state index is 15.0. The van der Waals surface area contributed by atoms with Crippen molar-refractivity contribution in [1.82, 2.24) is 0 Å². The van der Waals surface area contributed by atoms with Crippen LogP contribution in [0.3, 0.4) is 0 Å². The Hall–Kier alpha value is -3.43. The summed E-state index contributed by atoms with van der Waals surface area (Å²) in [6.45, 7) is 4.74. The highest BCUT2D eigenvalue weighted by molar-refractivity contribution is 7.14. The largest absolute Gasteiger partial charge is 0.489 e. The quantitative estimate of drug-likeness (QED) is 0.312. The third-order valence-electron chi connectivity index (χ3n) is 7.59. The van der Waals surface area contributed by atoms with Crippen LogP contribution in [0.25, 0.3) is 16.0 Å². The molecule has 0 aliphatic heterocycles. The molecule has 1 fully saturated rings. The van der Waals surface area contributed by atoms with Gasteiger partial charge in [-0.15, -0.1) is 11.3 Å². The van der Waals surface area contributed by atoms with Gasteiger partial charge in [-0.25, -0.2) is 4.39 Å². The summed E-state index contributed by atoms with van der Waals surface area (Å²) in [5, 5.41) is 20.8. The SMILES string of the molecule is CC1(C)CCC=C1c1c(COc2cccc(C(CC(=O)O)C3CC3)c2)csc1-c1cc(C#N)ccc1F. The molecule has 1 unspecified atom stereocenters. The summed E-state index contributed by atoms with van der Waals surface area (Å²) in [5.74, 6) is 0.00350. The Labute approximate surface area is 221 Å². The predicted octanol–water partition coefficient (Wildman–Crippen LogP) is 8.18. The molecule has 2 aliphatic rings. The average Bonchev–Trinajstić information content (AvgIpc) is 3.54. The first kappa shape index (κ1) is 25.2. The molecular weight excluding hydrogens is 485 g/mol. The van der Waals surface area contributed by atoms with Crippen molar-refractivity contribution in [3.05, 3.63) is 82.0 Å². The summed E-state index contributed by atoms with van der Waals surface area (Å²) >= 11 is 1.48. The Morgan fingerprint density at radius 3 is 2.76 bits per heavy atom. The summed E-state index contributed by atoms with van der Waals surface area (Å²) in [6.07, 6.45) is 6.49. The van der Waals surface area contributed by atoms with Gasteiger partial charge >= 0.3 is 5.97 Å². The number of halogens is 1. The topological polar surface area (TPSA) is 70.3 Å². The number of allylic oxidation sites excluding steroid dienone is 2. The number of carboxylic acids is 1. The molecule has 0 spiro atoms. The standard InChI is InChI=1S/C31H30FNO3S/c1-31(2)12-4-7-26(31)29-22(18-37-30(29)25-13-19(16-33)8-11-27(25)32)17-36-23-6-3-5-21(14-23)24(15-28(34)35)20-9-10-20/h3,5-8,11,13-14,18,20,24H,4,9-10,12,15,17H2,1-2H3,(H,34,35). The second-order valence-corrected chi connectivity index (χ2v) is 11.6. The Kier molecular flexibility index (Phi) is 6.92. The predicted molar refractivity (Wildman–Crippen MR) is 144 cm³/mol. The first-order valence-electron chi connectivity index (χ1n) is 12.7. The van der Waals surface area contributed by atoms with Crippen LogP contribution in [-0.2, 0) is 11.4 Å². The van der Waals surface area contributed by atoms with Gasteiger partial charge in [-0.1, -0.05) is 32.1 Å². The molecule has 5 rings (SSSR count). The number of nitriles is 1. The Bertz CT molecular complexity index is 1410. The maximum atomic E-state index is 15.0. The molecule has 1 N–H and O–H groups in total. The fourth-order valence-electron chi connectivity index (χ4n) is 5.43. The van der Waals surface area contributed by atoms with E-state index in [4.69, 9.17) is 4.74 Å². The first-order chi connectivity index (χ1) is 17.8. The van der Waals surface area contributed by atoms with Crippen LogP contribution < -0.4 is 4.74 Å². The van der Waals surface area contributed by atoms with Gasteiger partial charge in [0, 0.05) is 21.6 Å². The number of benzene rings is 2. The lowest BCUT2D eigenvalue weighted by molar-refractivity contribution is -0.137. The van der Waals surface area contributed by atoms with Gasteiger partial charge in [0.1, 0.15) is 18.2 Å². The normalized spacial score (nSPS) is 17.2. The lowest BCUT2D eigenvalue weighted by Crippen LogP contribution is -2.11. The van der Waals surface area contributed by atoms with E-state index in [1.165, 1.54) is 29.0 Å².